The number of carbonyl (C=O) groups is 1. The van der Waals surface area contributed by atoms with Crippen LogP contribution in [0, 0.1) is 5.92 Å². The quantitative estimate of drug-likeness (QED) is 0.876. The first-order chi connectivity index (χ1) is 9.22. The maximum absolute atomic E-state index is 12.1. The van der Waals surface area contributed by atoms with Crippen LogP contribution in [-0.2, 0) is 4.79 Å². The van der Waals surface area contributed by atoms with Gasteiger partial charge in [-0.05, 0) is 23.4 Å². The highest BCUT2D eigenvalue weighted by molar-refractivity contribution is 7.10. The Kier molecular flexibility index (Phi) is 4.74. The number of carbonyl (C=O) groups excluding carboxylic acids is 1. The normalized spacial score (nSPS) is 13.8. The number of benzene rings is 1. The molecule has 0 spiro atoms. The summed E-state index contributed by atoms with van der Waals surface area (Å²) in [7, 11) is 0. The summed E-state index contributed by atoms with van der Waals surface area (Å²) in [6.07, 6.45) is 0.859. The number of rotatable bonds is 5. The smallest absolute Gasteiger partial charge is 0.223 e. The molecule has 100 valence electrons. The van der Waals surface area contributed by atoms with E-state index in [1.54, 1.807) is 11.3 Å². The van der Waals surface area contributed by atoms with E-state index in [-0.39, 0.29) is 17.9 Å². The van der Waals surface area contributed by atoms with E-state index >= 15 is 0 Å². The Bertz CT molecular complexity index is 507. The maximum Gasteiger partial charge on any atom is 0.223 e. The van der Waals surface area contributed by atoms with Gasteiger partial charge >= 0.3 is 0 Å². The second-order valence-electron chi connectivity index (χ2n) is 4.68. The molecule has 2 nitrogen and oxygen atoms in total. The van der Waals surface area contributed by atoms with Crippen molar-refractivity contribution in [2.24, 2.45) is 5.92 Å². The average molecular weight is 273 g/mol. The van der Waals surface area contributed by atoms with Gasteiger partial charge in [0.1, 0.15) is 0 Å². The molecule has 0 radical (unpaired) electrons. The molecular formula is C16H19NOS. The number of amides is 1. The topological polar surface area (TPSA) is 29.1 Å². The monoisotopic (exact) mass is 273 g/mol. The van der Waals surface area contributed by atoms with E-state index < -0.39 is 0 Å². The van der Waals surface area contributed by atoms with Gasteiger partial charge in [-0.3, -0.25) is 4.79 Å². The van der Waals surface area contributed by atoms with E-state index in [4.69, 9.17) is 0 Å². The summed E-state index contributed by atoms with van der Waals surface area (Å²) < 4.78 is 0. The fourth-order valence-electron chi connectivity index (χ4n) is 1.89. The molecule has 2 aromatic rings. The largest absolute Gasteiger partial charge is 0.344 e. The first kappa shape index (κ1) is 13.8. The molecule has 19 heavy (non-hydrogen) atoms. The van der Waals surface area contributed by atoms with Crippen molar-refractivity contribution in [1.29, 1.82) is 0 Å². The van der Waals surface area contributed by atoms with Gasteiger partial charge in [-0.15, -0.1) is 11.3 Å². The van der Waals surface area contributed by atoms with Crippen LogP contribution in [0.5, 0.6) is 0 Å². The lowest BCUT2D eigenvalue weighted by Gasteiger charge is -2.20. The second-order valence-corrected chi connectivity index (χ2v) is 5.66. The van der Waals surface area contributed by atoms with Crippen LogP contribution in [0.1, 0.15) is 36.8 Å². The van der Waals surface area contributed by atoms with E-state index in [9.17, 15) is 4.79 Å². The molecule has 0 aliphatic carbocycles. The van der Waals surface area contributed by atoms with Crippen LogP contribution in [0.25, 0.3) is 0 Å². The average Bonchev–Trinajstić information content (AvgIpc) is 2.98. The van der Waals surface area contributed by atoms with E-state index in [2.05, 4.69) is 23.5 Å². The molecular weight excluding hydrogens is 254 g/mol. The molecule has 0 saturated carbocycles. The summed E-state index contributed by atoms with van der Waals surface area (Å²) in [5.74, 6) is 0.163. The second kappa shape index (κ2) is 6.53. The van der Waals surface area contributed by atoms with Crippen molar-refractivity contribution >= 4 is 17.2 Å². The minimum Gasteiger partial charge on any atom is -0.344 e. The molecule has 0 fully saturated rings. The van der Waals surface area contributed by atoms with E-state index in [1.807, 2.05) is 43.5 Å². The van der Waals surface area contributed by atoms with Crippen molar-refractivity contribution in [2.75, 3.05) is 0 Å². The molecule has 0 aliphatic heterocycles. The molecule has 0 aliphatic rings. The van der Waals surface area contributed by atoms with Crippen LogP contribution in [0.3, 0.4) is 0 Å². The molecule has 2 unspecified atom stereocenters. The first-order valence-electron chi connectivity index (χ1n) is 6.61. The van der Waals surface area contributed by atoms with E-state index in [0.29, 0.717) is 0 Å². The fourth-order valence-corrected chi connectivity index (χ4v) is 2.69. The van der Waals surface area contributed by atoms with Gasteiger partial charge in [0.2, 0.25) is 5.91 Å². The SMILES string of the molecule is CCC(C)C(=O)NC(c1ccccc1)c1cccs1. The number of thiophene rings is 1. The van der Waals surface area contributed by atoms with Crippen LogP contribution < -0.4 is 5.32 Å². The highest BCUT2D eigenvalue weighted by atomic mass is 32.1. The van der Waals surface area contributed by atoms with Gasteiger partial charge in [0, 0.05) is 10.8 Å². The molecule has 2 rings (SSSR count). The maximum atomic E-state index is 12.1. The number of hydrogen-bond donors (Lipinski definition) is 1. The lowest BCUT2D eigenvalue weighted by Crippen LogP contribution is -2.32. The fraction of sp³-hybridized carbons (Fsp3) is 0.312. The van der Waals surface area contributed by atoms with Crippen molar-refractivity contribution < 1.29 is 4.79 Å². The minimum atomic E-state index is -0.0392. The molecule has 2 atom stereocenters. The van der Waals surface area contributed by atoms with Gasteiger partial charge in [-0.2, -0.15) is 0 Å². The molecule has 1 heterocycles. The van der Waals surface area contributed by atoms with Gasteiger partial charge in [-0.1, -0.05) is 50.2 Å². The summed E-state index contributed by atoms with van der Waals surface area (Å²) in [5, 5.41) is 5.20. The Morgan fingerprint density at radius 1 is 1.21 bits per heavy atom. The van der Waals surface area contributed by atoms with E-state index in [1.165, 1.54) is 4.88 Å². The standard InChI is InChI=1S/C16H19NOS/c1-3-12(2)16(18)17-15(14-10-7-11-19-14)13-8-5-4-6-9-13/h4-12,15H,3H2,1-2H3,(H,17,18). The summed E-state index contributed by atoms with van der Waals surface area (Å²) in [6.45, 7) is 4.00. The first-order valence-corrected chi connectivity index (χ1v) is 7.49. The Balaban J connectivity index is 2.24. The molecule has 1 aromatic heterocycles. The molecule has 1 N–H and O–H groups in total. The summed E-state index contributed by atoms with van der Waals surface area (Å²) in [6, 6.07) is 14.2. The predicted molar refractivity (Wildman–Crippen MR) is 80.2 cm³/mol. The Morgan fingerprint density at radius 3 is 2.53 bits per heavy atom. The molecule has 0 bridgehead atoms. The zero-order chi connectivity index (χ0) is 13.7. The minimum absolute atomic E-state index is 0.0392. The van der Waals surface area contributed by atoms with E-state index in [0.717, 1.165) is 12.0 Å². The molecule has 1 aromatic carbocycles. The molecule has 3 heteroatoms. The highest BCUT2D eigenvalue weighted by Crippen LogP contribution is 2.26. The van der Waals surface area contributed by atoms with Crippen LogP contribution in [0.4, 0.5) is 0 Å². The number of hydrogen-bond acceptors (Lipinski definition) is 2. The summed E-state index contributed by atoms with van der Waals surface area (Å²) in [4.78, 5) is 13.3. The summed E-state index contributed by atoms with van der Waals surface area (Å²) >= 11 is 1.67. The van der Waals surface area contributed by atoms with Crippen LogP contribution in [0.15, 0.2) is 47.8 Å². The lowest BCUT2D eigenvalue weighted by atomic mass is 10.0. The summed E-state index contributed by atoms with van der Waals surface area (Å²) in [5.41, 5.74) is 1.13. The highest BCUT2D eigenvalue weighted by Gasteiger charge is 2.20. The Labute approximate surface area is 118 Å². The third-order valence-corrected chi connectivity index (χ3v) is 4.24. The van der Waals surface area contributed by atoms with Gasteiger partial charge in [0.05, 0.1) is 6.04 Å². The van der Waals surface area contributed by atoms with Crippen LogP contribution >= 0.6 is 11.3 Å². The van der Waals surface area contributed by atoms with Crippen molar-refractivity contribution in [3.05, 3.63) is 58.3 Å². The van der Waals surface area contributed by atoms with Crippen LogP contribution in [-0.4, -0.2) is 5.91 Å². The van der Waals surface area contributed by atoms with Crippen molar-refractivity contribution in [3.8, 4) is 0 Å². The Morgan fingerprint density at radius 2 is 1.95 bits per heavy atom. The van der Waals surface area contributed by atoms with Gasteiger partial charge in [-0.25, -0.2) is 0 Å². The van der Waals surface area contributed by atoms with Gasteiger partial charge in [0.25, 0.3) is 0 Å². The van der Waals surface area contributed by atoms with Gasteiger partial charge in [0.15, 0.2) is 0 Å². The van der Waals surface area contributed by atoms with Crippen LogP contribution in [0.2, 0.25) is 0 Å². The van der Waals surface area contributed by atoms with Crippen molar-refractivity contribution in [2.45, 2.75) is 26.3 Å². The predicted octanol–water partition coefficient (Wildman–Crippen LogP) is 4.00. The number of nitrogens with one attached hydrogen (secondary N) is 1. The molecule has 1 amide bonds. The van der Waals surface area contributed by atoms with Gasteiger partial charge < -0.3 is 5.32 Å². The molecule has 0 saturated heterocycles. The Hall–Kier alpha value is -1.61. The van der Waals surface area contributed by atoms with Crippen molar-refractivity contribution in [3.63, 3.8) is 0 Å². The third-order valence-electron chi connectivity index (χ3n) is 3.31. The van der Waals surface area contributed by atoms with Crippen molar-refractivity contribution in [1.82, 2.24) is 5.32 Å². The zero-order valence-corrected chi connectivity index (χ0v) is 12.1. The lowest BCUT2D eigenvalue weighted by molar-refractivity contribution is -0.125. The zero-order valence-electron chi connectivity index (χ0n) is 11.3. The third kappa shape index (κ3) is 3.44.